The van der Waals surface area contributed by atoms with E-state index in [0.29, 0.717) is 30.8 Å². The SMILES string of the molecule is N#Cc1ccc2nc(CCl)n(CC3CCCS3(=O)=O)c2c1. The summed E-state index contributed by atoms with van der Waals surface area (Å²) in [6.45, 7) is 0.357. The summed E-state index contributed by atoms with van der Waals surface area (Å²) < 4.78 is 25.9. The maximum atomic E-state index is 12.0. The summed E-state index contributed by atoms with van der Waals surface area (Å²) in [6.07, 6.45) is 1.38. The summed E-state index contributed by atoms with van der Waals surface area (Å²) in [6, 6.07) is 7.29. The number of sulfone groups is 1. The average molecular weight is 324 g/mol. The van der Waals surface area contributed by atoms with Crippen LogP contribution in [0.4, 0.5) is 0 Å². The largest absolute Gasteiger partial charge is 0.326 e. The summed E-state index contributed by atoms with van der Waals surface area (Å²) in [4.78, 5) is 4.42. The van der Waals surface area contributed by atoms with E-state index in [1.54, 1.807) is 18.2 Å². The van der Waals surface area contributed by atoms with Crippen LogP contribution in [0.1, 0.15) is 24.2 Å². The fourth-order valence-corrected chi connectivity index (χ4v) is 4.82. The smallest absolute Gasteiger partial charge is 0.154 e. The number of rotatable bonds is 3. The molecule has 1 unspecified atom stereocenters. The zero-order valence-corrected chi connectivity index (χ0v) is 12.9. The van der Waals surface area contributed by atoms with E-state index < -0.39 is 9.84 Å². The molecule has 1 saturated heterocycles. The zero-order chi connectivity index (χ0) is 15.0. The minimum absolute atomic E-state index is 0.212. The van der Waals surface area contributed by atoms with Crippen LogP contribution in [-0.2, 0) is 22.3 Å². The Morgan fingerprint density at radius 3 is 2.90 bits per heavy atom. The molecule has 7 heteroatoms. The Kier molecular flexibility index (Phi) is 3.64. The number of hydrogen-bond donors (Lipinski definition) is 0. The van der Waals surface area contributed by atoms with Crippen molar-refractivity contribution >= 4 is 32.5 Å². The normalized spacial score (nSPS) is 20.7. The van der Waals surface area contributed by atoms with Crippen molar-refractivity contribution in [2.75, 3.05) is 5.75 Å². The molecule has 2 heterocycles. The van der Waals surface area contributed by atoms with Gasteiger partial charge in [-0.3, -0.25) is 0 Å². The van der Waals surface area contributed by atoms with Gasteiger partial charge in [-0.2, -0.15) is 5.26 Å². The molecule has 1 aromatic heterocycles. The van der Waals surface area contributed by atoms with Gasteiger partial charge in [0.05, 0.1) is 39.5 Å². The molecule has 1 aromatic carbocycles. The third-order valence-corrected chi connectivity index (χ3v) is 6.42. The van der Waals surface area contributed by atoms with Gasteiger partial charge >= 0.3 is 0 Å². The van der Waals surface area contributed by atoms with Crippen LogP contribution < -0.4 is 0 Å². The highest BCUT2D eigenvalue weighted by Gasteiger charge is 2.32. The van der Waals surface area contributed by atoms with Gasteiger partial charge in [0, 0.05) is 6.54 Å². The highest BCUT2D eigenvalue weighted by molar-refractivity contribution is 7.92. The maximum absolute atomic E-state index is 12.0. The van der Waals surface area contributed by atoms with Gasteiger partial charge in [-0.15, -0.1) is 11.6 Å². The molecule has 1 aliphatic rings. The molecule has 2 aromatic rings. The number of alkyl halides is 1. The molecule has 0 aliphatic carbocycles. The van der Waals surface area contributed by atoms with E-state index in [1.165, 1.54) is 0 Å². The number of nitriles is 1. The molecular weight excluding hydrogens is 310 g/mol. The van der Waals surface area contributed by atoms with Gasteiger partial charge in [0.2, 0.25) is 0 Å². The molecule has 0 spiro atoms. The van der Waals surface area contributed by atoms with Gasteiger partial charge in [0.1, 0.15) is 5.82 Å². The standard InChI is InChI=1S/C14H14ClN3O2S/c15-7-14-17-12-4-3-10(8-16)6-13(12)18(14)9-11-2-1-5-21(11,19)20/h3-4,6,11H,1-2,5,7,9H2. The molecule has 0 saturated carbocycles. The molecular formula is C14H14ClN3O2S. The fourth-order valence-electron chi connectivity index (χ4n) is 2.81. The highest BCUT2D eigenvalue weighted by Crippen LogP contribution is 2.26. The summed E-state index contributed by atoms with van der Waals surface area (Å²) in [7, 11) is -3.03. The van der Waals surface area contributed by atoms with Crippen LogP contribution in [0, 0.1) is 11.3 Å². The Hall–Kier alpha value is -1.58. The minimum Gasteiger partial charge on any atom is -0.326 e. The second-order valence-corrected chi connectivity index (χ2v) is 7.89. The zero-order valence-electron chi connectivity index (χ0n) is 11.3. The number of benzene rings is 1. The van der Waals surface area contributed by atoms with Gasteiger partial charge in [-0.05, 0) is 31.0 Å². The molecule has 21 heavy (non-hydrogen) atoms. The summed E-state index contributed by atoms with van der Waals surface area (Å²) >= 11 is 5.94. The lowest BCUT2D eigenvalue weighted by Gasteiger charge is -2.13. The van der Waals surface area contributed by atoms with E-state index in [-0.39, 0.29) is 16.9 Å². The molecule has 1 atom stereocenters. The topological polar surface area (TPSA) is 75.8 Å². The Bertz CT molecular complexity index is 836. The van der Waals surface area contributed by atoms with Gasteiger partial charge in [-0.1, -0.05) is 0 Å². The molecule has 1 aliphatic heterocycles. The number of aromatic nitrogens is 2. The quantitative estimate of drug-likeness (QED) is 0.812. The van der Waals surface area contributed by atoms with Crippen molar-refractivity contribution in [1.29, 1.82) is 5.26 Å². The Morgan fingerprint density at radius 2 is 2.29 bits per heavy atom. The highest BCUT2D eigenvalue weighted by atomic mass is 35.5. The van der Waals surface area contributed by atoms with Crippen LogP contribution in [0.25, 0.3) is 11.0 Å². The van der Waals surface area contributed by atoms with E-state index in [9.17, 15) is 8.42 Å². The van der Waals surface area contributed by atoms with E-state index >= 15 is 0 Å². The Morgan fingerprint density at radius 1 is 1.48 bits per heavy atom. The first-order valence-electron chi connectivity index (χ1n) is 6.72. The van der Waals surface area contributed by atoms with Crippen LogP contribution in [0.5, 0.6) is 0 Å². The van der Waals surface area contributed by atoms with Crippen molar-refractivity contribution in [3.63, 3.8) is 0 Å². The first-order chi connectivity index (χ1) is 10.0. The third kappa shape index (κ3) is 2.52. The van der Waals surface area contributed by atoms with E-state index in [0.717, 1.165) is 11.0 Å². The van der Waals surface area contributed by atoms with E-state index in [2.05, 4.69) is 11.1 Å². The van der Waals surface area contributed by atoms with Crippen LogP contribution in [0.15, 0.2) is 18.2 Å². The molecule has 5 nitrogen and oxygen atoms in total. The number of hydrogen-bond acceptors (Lipinski definition) is 4. The van der Waals surface area contributed by atoms with Gasteiger partial charge < -0.3 is 4.57 Å². The van der Waals surface area contributed by atoms with Crippen molar-refractivity contribution in [1.82, 2.24) is 9.55 Å². The Labute approximate surface area is 128 Å². The van der Waals surface area contributed by atoms with Crippen LogP contribution in [0.2, 0.25) is 0 Å². The molecule has 0 N–H and O–H groups in total. The van der Waals surface area contributed by atoms with Crippen molar-refractivity contribution in [3.8, 4) is 6.07 Å². The van der Waals surface area contributed by atoms with Crippen molar-refractivity contribution < 1.29 is 8.42 Å². The predicted molar refractivity (Wildman–Crippen MR) is 80.8 cm³/mol. The van der Waals surface area contributed by atoms with Crippen LogP contribution in [-0.4, -0.2) is 29.0 Å². The maximum Gasteiger partial charge on any atom is 0.154 e. The number of fused-ring (bicyclic) bond motifs is 1. The lowest BCUT2D eigenvalue weighted by molar-refractivity contribution is 0.565. The second-order valence-electron chi connectivity index (χ2n) is 5.22. The monoisotopic (exact) mass is 323 g/mol. The van der Waals surface area contributed by atoms with Gasteiger partial charge in [0.15, 0.2) is 9.84 Å². The fraction of sp³-hybridized carbons (Fsp3) is 0.429. The van der Waals surface area contributed by atoms with Crippen molar-refractivity contribution in [2.24, 2.45) is 0 Å². The minimum atomic E-state index is -3.03. The first kappa shape index (κ1) is 14.4. The number of nitrogens with zero attached hydrogens (tertiary/aromatic N) is 3. The molecule has 110 valence electrons. The second kappa shape index (κ2) is 5.32. The summed E-state index contributed by atoms with van der Waals surface area (Å²) in [5.74, 6) is 1.11. The predicted octanol–water partition coefficient (Wildman–Crippen LogP) is 2.22. The van der Waals surface area contributed by atoms with Crippen LogP contribution in [0.3, 0.4) is 0 Å². The Balaban J connectivity index is 2.09. The molecule has 0 bridgehead atoms. The summed E-state index contributed by atoms with van der Waals surface area (Å²) in [5.41, 5.74) is 2.03. The molecule has 3 rings (SSSR count). The van der Waals surface area contributed by atoms with Gasteiger partial charge in [0.25, 0.3) is 0 Å². The molecule has 0 radical (unpaired) electrons. The van der Waals surface area contributed by atoms with Gasteiger partial charge in [-0.25, -0.2) is 13.4 Å². The average Bonchev–Trinajstić information content (AvgIpc) is 2.99. The summed E-state index contributed by atoms with van der Waals surface area (Å²) in [5, 5.41) is 8.63. The molecule has 1 fully saturated rings. The van der Waals surface area contributed by atoms with Crippen LogP contribution >= 0.6 is 11.6 Å². The van der Waals surface area contributed by atoms with E-state index in [4.69, 9.17) is 16.9 Å². The molecule has 0 amide bonds. The van der Waals surface area contributed by atoms with Crippen molar-refractivity contribution in [2.45, 2.75) is 30.5 Å². The lowest BCUT2D eigenvalue weighted by Crippen LogP contribution is -2.23. The first-order valence-corrected chi connectivity index (χ1v) is 8.97. The van der Waals surface area contributed by atoms with E-state index in [1.807, 2.05) is 4.57 Å². The lowest BCUT2D eigenvalue weighted by atomic mass is 10.2. The number of imidazole rings is 1. The number of halogens is 1. The third-order valence-electron chi connectivity index (χ3n) is 3.92. The van der Waals surface area contributed by atoms with Crippen molar-refractivity contribution in [3.05, 3.63) is 29.6 Å².